The Kier molecular flexibility index (Phi) is 5.22. The molecule has 0 saturated carbocycles. The van der Waals surface area contributed by atoms with E-state index >= 15 is 0 Å². The molecule has 0 aliphatic carbocycles. The number of carbonyl (C=O) groups is 2. The van der Waals surface area contributed by atoms with Crippen LogP contribution < -0.4 is 5.32 Å². The first kappa shape index (κ1) is 16.6. The van der Waals surface area contributed by atoms with Crippen molar-refractivity contribution in [2.45, 2.75) is 13.0 Å². The highest BCUT2D eigenvalue weighted by atomic mass is 32.1. The van der Waals surface area contributed by atoms with Crippen LogP contribution in [0.5, 0.6) is 0 Å². The Labute approximate surface area is 147 Å². The van der Waals surface area contributed by atoms with E-state index in [1.807, 2.05) is 29.6 Å². The molecule has 24 heavy (non-hydrogen) atoms. The van der Waals surface area contributed by atoms with Crippen molar-refractivity contribution in [2.75, 3.05) is 13.6 Å². The summed E-state index contributed by atoms with van der Waals surface area (Å²) in [4.78, 5) is 30.2. The van der Waals surface area contributed by atoms with E-state index in [9.17, 15) is 9.59 Å². The van der Waals surface area contributed by atoms with Crippen LogP contribution in [0.3, 0.4) is 0 Å². The van der Waals surface area contributed by atoms with Gasteiger partial charge in [-0.05, 0) is 23.6 Å². The highest BCUT2D eigenvalue weighted by molar-refractivity contribution is 7.18. The van der Waals surface area contributed by atoms with Crippen molar-refractivity contribution in [3.8, 4) is 0 Å². The van der Waals surface area contributed by atoms with Gasteiger partial charge in [0.1, 0.15) is 5.01 Å². The second-order valence-corrected chi connectivity index (χ2v) is 7.24. The van der Waals surface area contributed by atoms with E-state index in [-0.39, 0.29) is 18.2 Å². The number of rotatable bonds is 6. The van der Waals surface area contributed by atoms with Crippen molar-refractivity contribution in [1.82, 2.24) is 15.2 Å². The van der Waals surface area contributed by atoms with E-state index in [0.29, 0.717) is 18.7 Å². The lowest BCUT2D eigenvalue weighted by Gasteiger charge is -2.15. The number of para-hydroxylation sites is 1. The number of fused-ring (bicyclic) bond motifs is 1. The fraction of sp³-hybridized carbons (Fsp3) is 0.235. The first-order valence-corrected chi connectivity index (χ1v) is 9.28. The SMILES string of the molecule is CN(Cc1nc2ccccc2s1)C(=O)CCNC(=O)c1ccsc1. The summed E-state index contributed by atoms with van der Waals surface area (Å²) in [6.45, 7) is 0.814. The van der Waals surface area contributed by atoms with Gasteiger partial charge in [-0.1, -0.05) is 12.1 Å². The maximum atomic E-state index is 12.2. The Hall–Kier alpha value is -2.25. The summed E-state index contributed by atoms with van der Waals surface area (Å²) < 4.78 is 1.12. The first-order chi connectivity index (χ1) is 11.6. The quantitative estimate of drug-likeness (QED) is 0.735. The van der Waals surface area contributed by atoms with E-state index in [4.69, 9.17) is 0 Å². The molecule has 2 amide bonds. The van der Waals surface area contributed by atoms with Gasteiger partial charge in [0.15, 0.2) is 0 Å². The van der Waals surface area contributed by atoms with Crippen LogP contribution in [0.4, 0.5) is 0 Å². The van der Waals surface area contributed by atoms with Gasteiger partial charge >= 0.3 is 0 Å². The zero-order valence-electron chi connectivity index (χ0n) is 13.2. The second-order valence-electron chi connectivity index (χ2n) is 5.34. The molecule has 0 saturated heterocycles. The summed E-state index contributed by atoms with van der Waals surface area (Å²) >= 11 is 3.07. The molecule has 5 nitrogen and oxygen atoms in total. The topological polar surface area (TPSA) is 62.3 Å². The summed E-state index contributed by atoms with van der Waals surface area (Å²) in [5.74, 6) is -0.155. The van der Waals surface area contributed by atoms with Gasteiger partial charge < -0.3 is 10.2 Å². The lowest BCUT2D eigenvalue weighted by Crippen LogP contribution is -2.31. The van der Waals surface area contributed by atoms with Crippen LogP contribution in [-0.4, -0.2) is 35.3 Å². The molecule has 124 valence electrons. The Morgan fingerprint density at radius 2 is 2.08 bits per heavy atom. The van der Waals surface area contributed by atoms with Crippen LogP contribution in [-0.2, 0) is 11.3 Å². The maximum absolute atomic E-state index is 12.2. The summed E-state index contributed by atoms with van der Waals surface area (Å²) in [6, 6.07) is 9.70. The minimum Gasteiger partial charge on any atom is -0.351 e. The third kappa shape index (κ3) is 3.98. The number of aromatic nitrogens is 1. The smallest absolute Gasteiger partial charge is 0.252 e. The fourth-order valence-electron chi connectivity index (χ4n) is 2.25. The largest absolute Gasteiger partial charge is 0.351 e. The molecule has 0 radical (unpaired) electrons. The average molecular weight is 359 g/mol. The van der Waals surface area contributed by atoms with Crippen molar-refractivity contribution in [3.05, 3.63) is 51.7 Å². The van der Waals surface area contributed by atoms with Gasteiger partial charge in [0.2, 0.25) is 5.91 Å². The number of carbonyl (C=O) groups excluding carboxylic acids is 2. The number of benzene rings is 1. The zero-order chi connectivity index (χ0) is 16.9. The van der Waals surface area contributed by atoms with Gasteiger partial charge in [-0.25, -0.2) is 4.98 Å². The number of thiazole rings is 1. The Morgan fingerprint density at radius 3 is 2.83 bits per heavy atom. The molecular weight excluding hydrogens is 342 g/mol. The normalized spacial score (nSPS) is 10.7. The fourth-order valence-corrected chi connectivity index (χ4v) is 3.91. The van der Waals surface area contributed by atoms with Crippen LogP contribution in [0, 0.1) is 0 Å². The summed E-state index contributed by atoms with van der Waals surface area (Å²) in [5, 5.41) is 7.32. The Balaban J connectivity index is 1.48. The number of nitrogens with one attached hydrogen (secondary N) is 1. The Morgan fingerprint density at radius 1 is 1.25 bits per heavy atom. The number of nitrogens with zero attached hydrogens (tertiary/aromatic N) is 2. The maximum Gasteiger partial charge on any atom is 0.252 e. The molecule has 0 aliphatic heterocycles. The highest BCUT2D eigenvalue weighted by Gasteiger charge is 2.13. The first-order valence-electron chi connectivity index (χ1n) is 7.52. The van der Waals surface area contributed by atoms with Crippen LogP contribution in [0.1, 0.15) is 21.8 Å². The minimum atomic E-state index is -0.141. The number of hydrogen-bond donors (Lipinski definition) is 1. The van der Waals surface area contributed by atoms with Crippen molar-refractivity contribution in [1.29, 1.82) is 0 Å². The van der Waals surface area contributed by atoms with Crippen molar-refractivity contribution >= 4 is 44.7 Å². The molecule has 1 aromatic carbocycles. The lowest BCUT2D eigenvalue weighted by atomic mass is 10.3. The van der Waals surface area contributed by atoms with Gasteiger partial charge in [0, 0.05) is 31.0 Å². The van der Waals surface area contributed by atoms with Gasteiger partial charge in [-0.2, -0.15) is 11.3 Å². The van der Waals surface area contributed by atoms with Crippen molar-refractivity contribution in [2.24, 2.45) is 0 Å². The standard InChI is InChI=1S/C17H17N3O2S2/c1-20(10-15-19-13-4-2-3-5-14(13)24-15)16(21)6-8-18-17(22)12-7-9-23-11-12/h2-5,7,9,11H,6,8,10H2,1H3,(H,18,22). The molecule has 0 spiro atoms. The van der Waals surface area contributed by atoms with Gasteiger partial charge in [-0.3, -0.25) is 9.59 Å². The van der Waals surface area contributed by atoms with E-state index in [0.717, 1.165) is 15.2 Å². The zero-order valence-corrected chi connectivity index (χ0v) is 14.8. The third-order valence-corrected chi connectivity index (χ3v) is 5.25. The van der Waals surface area contributed by atoms with Crippen LogP contribution in [0.25, 0.3) is 10.2 Å². The number of amides is 2. The predicted molar refractivity (Wildman–Crippen MR) is 97.4 cm³/mol. The molecule has 7 heteroatoms. The minimum absolute atomic E-state index is 0.0140. The molecule has 0 atom stereocenters. The monoisotopic (exact) mass is 359 g/mol. The molecular formula is C17H17N3O2S2. The molecule has 0 fully saturated rings. The third-order valence-electron chi connectivity index (χ3n) is 3.54. The second kappa shape index (κ2) is 7.55. The number of hydrogen-bond acceptors (Lipinski definition) is 5. The molecule has 3 aromatic rings. The molecule has 2 aromatic heterocycles. The van der Waals surface area contributed by atoms with Crippen molar-refractivity contribution < 1.29 is 9.59 Å². The van der Waals surface area contributed by atoms with Crippen LogP contribution >= 0.6 is 22.7 Å². The van der Waals surface area contributed by atoms with E-state index in [1.54, 1.807) is 34.7 Å². The van der Waals surface area contributed by atoms with E-state index in [1.165, 1.54) is 11.3 Å². The Bertz CT molecular complexity index is 810. The average Bonchev–Trinajstić information content (AvgIpc) is 3.23. The van der Waals surface area contributed by atoms with Gasteiger partial charge in [0.05, 0.1) is 16.8 Å². The summed E-state index contributed by atoms with van der Waals surface area (Å²) in [7, 11) is 1.76. The summed E-state index contributed by atoms with van der Waals surface area (Å²) in [6.07, 6.45) is 0.275. The molecule has 2 heterocycles. The highest BCUT2D eigenvalue weighted by Crippen LogP contribution is 2.22. The molecule has 0 bridgehead atoms. The van der Waals surface area contributed by atoms with Crippen molar-refractivity contribution in [3.63, 3.8) is 0 Å². The molecule has 0 unspecified atom stereocenters. The van der Waals surface area contributed by atoms with E-state index < -0.39 is 0 Å². The van der Waals surface area contributed by atoms with Gasteiger partial charge in [-0.15, -0.1) is 11.3 Å². The van der Waals surface area contributed by atoms with E-state index in [2.05, 4.69) is 10.3 Å². The molecule has 0 aliphatic rings. The lowest BCUT2D eigenvalue weighted by molar-refractivity contribution is -0.130. The van der Waals surface area contributed by atoms with Crippen LogP contribution in [0.2, 0.25) is 0 Å². The van der Waals surface area contributed by atoms with Gasteiger partial charge in [0.25, 0.3) is 5.91 Å². The summed E-state index contributed by atoms with van der Waals surface area (Å²) in [5.41, 5.74) is 1.59. The molecule has 1 N–H and O–H groups in total. The molecule has 3 rings (SSSR count). The van der Waals surface area contributed by atoms with Crippen LogP contribution in [0.15, 0.2) is 41.1 Å². The number of thiophene rings is 1. The predicted octanol–water partition coefficient (Wildman–Crippen LogP) is 3.14.